The normalized spacial score (nSPS) is 12.7. The van der Waals surface area contributed by atoms with Gasteiger partial charge in [0.05, 0.1) is 22.1 Å². The Balaban J connectivity index is 2.36. The molecule has 0 aliphatic heterocycles. The molecule has 0 fully saturated rings. The van der Waals surface area contributed by atoms with Gasteiger partial charge in [-0.3, -0.25) is 0 Å². The minimum atomic E-state index is 0.225. The molecule has 20 heavy (non-hydrogen) atoms. The maximum absolute atomic E-state index is 6.22. The Hall–Kier alpha value is -1.32. The Labute approximate surface area is 125 Å². The summed E-state index contributed by atoms with van der Waals surface area (Å²) in [6, 6.07) is 6.64. The third kappa shape index (κ3) is 2.89. The average molecular weight is 292 g/mol. The fourth-order valence-corrected chi connectivity index (χ4v) is 2.51. The fourth-order valence-electron chi connectivity index (χ4n) is 2.39. The van der Waals surface area contributed by atoms with Gasteiger partial charge in [0.15, 0.2) is 0 Å². The van der Waals surface area contributed by atoms with E-state index in [1.54, 1.807) is 0 Å². The lowest BCUT2D eigenvalue weighted by Gasteiger charge is -2.13. The van der Waals surface area contributed by atoms with Gasteiger partial charge in [0, 0.05) is 6.04 Å². The van der Waals surface area contributed by atoms with E-state index in [4.69, 9.17) is 17.3 Å². The smallest absolute Gasteiger partial charge is 0.0848 e. The van der Waals surface area contributed by atoms with E-state index in [0.29, 0.717) is 0 Å². The number of halogens is 1. The van der Waals surface area contributed by atoms with Crippen molar-refractivity contribution < 1.29 is 0 Å². The lowest BCUT2D eigenvalue weighted by molar-refractivity contribution is 0.646. The number of nitrogens with zero attached hydrogens (tertiary/aromatic N) is 2. The van der Waals surface area contributed by atoms with Crippen molar-refractivity contribution in [2.75, 3.05) is 0 Å². The van der Waals surface area contributed by atoms with E-state index in [1.165, 1.54) is 11.1 Å². The van der Waals surface area contributed by atoms with Crippen LogP contribution in [0.5, 0.6) is 0 Å². The molecule has 0 radical (unpaired) electrons. The Kier molecular flexibility index (Phi) is 4.51. The van der Waals surface area contributed by atoms with Crippen LogP contribution in [-0.4, -0.2) is 15.8 Å². The number of aryl methyl sites for hydroxylation is 2. The summed E-state index contributed by atoms with van der Waals surface area (Å²) in [4.78, 5) is 0. The first-order valence-corrected chi connectivity index (χ1v) is 7.39. The fraction of sp³-hybridized carbons (Fsp3) is 0.438. The third-order valence-electron chi connectivity index (χ3n) is 3.71. The molecule has 0 bridgehead atoms. The van der Waals surface area contributed by atoms with Crippen LogP contribution < -0.4 is 5.73 Å². The first kappa shape index (κ1) is 15.1. The van der Waals surface area contributed by atoms with Gasteiger partial charge in [0.1, 0.15) is 0 Å². The van der Waals surface area contributed by atoms with Crippen LogP contribution in [0.4, 0.5) is 0 Å². The molecule has 0 spiro atoms. The van der Waals surface area contributed by atoms with E-state index in [2.05, 4.69) is 37.1 Å². The number of benzene rings is 1. The molecule has 1 aromatic heterocycles. The monoisotopic (exact) mass is 291 g/mol. The highest BCUT2D eigenvalue weighted by Gasteiger charge is 2.13. The lowest BCUT2D eigenvalue weighted by atomic mass is 10.0. The van der Waals surface area contributed by atoms with Gasteiger partial charge in [-0.05, 0) is 50.8 Å². The van der Waals surface area contributed by atoms with Gasteiger partial charge in [-0.2, -0.15) is 5.10 Å². The van der Waals surface area contributed by atoms with E-state index >= 15 is 0 Å². The van der Waals surface area contributed by atoms with E-state index in [-0.39, 0.29) is 6.04 Å². The largest absolute Gasteiger partial charge is 0.327 e. The van der Waals surface area contributed by atoms with E-state index < -0.39 is 0 Å². The van der Waals surface area contributed by atoms with Crippen molar-refractivity contribution >= 4 is 11.6 Å². The molecule has 2 aromatic rings. The van der Waals surface area contributed by atoms with Gasteiger partial charge in [0.25, 0.3) is 0 Å². The summed E-state index contributed by atoms with van der Waals surface area (Å²) in [5.74, 6) is 0. The molecular formula is C16H22ClN3. The van der Waals surface area contributed by atoms with Crippen LogP contribution in [0.15, 0.2) is 18.2 Å². The molecule has 1 unspecified atom stereocenters. The Morgan fingerprint density at radius 2 is 2.00 bits per heavy atom. The maximum atomic E-state index is 6.22. The minimum absolute atomic E-state index is 0.225. The van der Waals surface area contributed by atoms with E-state index in [9.17, 15) is 0 Å². The van der Waals surface area contributed by atoms with Crippen LogP contribution >= 0.6 is 11.6 Å². The summed E-state index contributed by atoms with van der Waals surface area (Å²) in [6.45, 7) is 8.13. The molecule has 4 heteroatoms. The van der Waals surface area contributed by atoms with Crippen molar-refractivity contribution in [2.45, 2.75) is 46.6 Å². The molecular weight excluding hydrogens is 270 g/mol. The Bertz CT molecular complexity index is 616. The van der Waals surface area contributed by atoms with Crippen molar-refractivity contribution in [1.29, 1.82) is 0 Å². The number of hydrogen-bond acceptors (Lipinski definition) is 2. The lowest BCUT2D eigenvalue weighted by Crippen LogP contribution is -2.21. The molecule has 2 rings (SSSR count). The number of nitrogens with two attached hydrogens (primary N) is 1. The predicted molar refractivity (Wildman–Crippen MR) is 84.8 cm³/mol. The second kappa shape index (κ2) is 5.98. The molecule has 1 atom stereocenters. The Morgan fingerprint density at radius 3 is 2.50 bits per heavy atom. The average Bonchev–Trinajstić information content (AvgIpc) is 2.66. The second-order valence-electron chi connectivity index (χ2n) is 5.39. The van der Waals surface area contributed by atoms with Crippen molar-refractivity contribution in [2.24, 2.45) is 5.73 Å². The quantitative estimate of drug-likeness (QED) is 0.933. The van der Waals surface area contributed by atoms with Gasteiger partial charge in [-0.25, -0.2) is 4.68 Å². The molecule has 0 saturated carbocycles. The van der Waals surface area contributed by atoms with Gasteiger partial charge in [0.2, 0.25) is 0 Å². The van der Waals surface area contributed by atoms with Crippen LogP contribution in [0, 0.1) is 20.8 Å². The van der Waals surface area contributed by atoms with Crippen molar-refractivity contribution in [3.05, 3.63) is 45.7 Å². The van der Waals surface area contributed by atoms with E-state index in [1.807, 2.05) is 18.5 Å². The zero-order chi connectivity index (χ0) is 14.9. The standard InChI is InChI=1S/C16H22ClN3/c1-5-14(18)9-13-6-7-15(10(2)8-13)20-12(4)16(17)11(3)19-20/h6-8,14H,5,9,18H2,1-4H3. The summed E-state index contributed by atoms with van der Waals surface area (Å²) >= 11 is 6.22. The highest BCUT2D eigenvalue weighted by molar-refractivity contribution is 6.31. The third-order valence-corrected chi connectivity index (χ3v) is 4.26. The summed E-state index contributed by atoms with van der Waals surface area (Å²) < 4.78 is 1.91. The number of hydrogen-bond donors (Lipinski definition) is 1. The van der Waals surface area contributed by atoms with Crippen molar-refractivity contribution in [3.8, 4) is 5.69 Å². The highest BCUT2D eigenvalue weighted by Crippen LogP contribution is 2.24. The SMILES string of the molecule is CCC(N)Cc1ccc(-n2nc(C)c(Cl)c2C)c(C)c1. The summed E-state index contributed by atoms with van der Waals surface area (Å²) in [6.07, 6.45) is 1.91. The highest BCUT2D eigenvalue weighted by atomic mass is 35.5. The minimum Gasteiger partial charge on any atom is -0.327 e. The summed E-state index contributed by atoms with van der Waals surface area (Å²) in [5.41, 5.74) is 11.4. The van der Waals surface area contributed by atoms with Crippen LogP contribution in [-0.2, 0) is 6.42 Å². The first-order valence-electron chi connectivity index (χ1n) is 7.01. The summed E-state index contributed by atoms with van der Waals surface area (Å²) in [7, 11) is 0. The molecule has 2 N–H and O–H groups in total. The molecule has 0 aliphatic rings. The van der Waals surface area contributed by atoms with E-state index in [0.717, 1.165) is 34.9 Å². The Morgan fingerprint density at radius 1 is 1.30 bits per heavy atom. The molecule has 3 nitrogen and oxygen atoms in total. The summed E-state index contributed by atoms with van der Waals surface area (Å²) in [5, 5.41) is 5.25. The number of aromatic nitrogens is 2. The van der Waals surface area contributed by atoms with Crippen molar-refractivity contribution in [3.63, 3.8) is 0 Å². The zero-order valence-corrected chi connectivity index (χ0v) is 13.3. The maximum Gasteiger partial charge on any atom is 0.0848 e. The molecule has 1 aromatic carbocycles. The van der Waals surface area contributed by atoms with Gasteiger partial charge in [-0.15, -0.1) is 0 Å². The van der Waals surface area contributed by atoms with Crippen LogP contribution in [0.3, 0.4) is 0 Å². The predicted octanol–water partition coefficient (Wildman–Crippen LogP) is 3.73. The molecule has 0 saturated heterocycles. The van der Waals surface area contributed by atoms with Crippen LogP contribution in [0.25, 0.3) is 5.69 Å². The van der Waals surface area contributed by atoms with Gasteiger partial charge >= 0.3 is 0 Å². The van der Waals surface area contributed by atoms with Crippen LogP contribution in [0.1, 0.15) is 35.9 Å². The molecule has 0 aliphatic carbocycles. The number of rotatable bonds is 4. The molecule has 0 amide bonds. The van der Waals surface area contributed by atoms with Gasteiger partial charge in [-0.1, -0.05) is 30.7 Å². The first-order chi connectivity index (χ1) is 9.43. The van der Waals surface area contributed by atoms with Crippen LogP contribution in [0.2, 0.25) is 5.02 Å². The molecule has 1 heterocycles. The zero-order valence-electron chi connectivity index (χ0n) is 12.6. The molecule has 108 valence electrons. The second-order valence-corrected chi connectivity index (χ2v) is 5.77. The van der Waals surface area contributed by atoms with Crippen molar-refractivity contribution in [1.82, 2.24) is 9.78 Å². The topological polar surface area (TPSA) is 43.8 Å². The van der Waals surface area contributed by atoms with Gasteiger partial charge < -0.3 is 5.73 Å².